The summed E-state index contributed by atoms with van der Waals surface area (Å²) < 4.78 is 28.0. The molecule has 1 fully saturated rings. The van der Waals surface area contributed by atoms with Crippen LogP contribution in [0.4, 0.5) is 0 Å². The van der Waals surface area contributed by atoms with Crippen molar-refractivity contribution in [2.24, 2.45) is 0 Å². The van der Waals surface area contributed by atoms with Gasteiger partial charge in [0.25, 0.3) is 0 Å². The molecule has 3 rings (SSSR count). The molecular formula is C21H24O5. The van der Waals surface area contributed by atoms with E-state index in [1.165, 1.54) is 0 Å². The maximum atomic E-state index is 5.92. The first-order valence-corrected chi connectivity index (χ1v) is 8.63. The molecule has 26 heavy (non-hydrogen) atoms. The van der Waals surface area contributed by atoms with Crippen LogP contribution in [0.25, 0.3) is 0 Å². The SMILES string of the molecule is COc1ccc(C2OCC(O/C=C\OCc3ccccc3)C(C)O2)cc1. The highest BCUT2D eigenvalue weighted by atomic mass is 16.7. The third-order valence-electron chi connectivity index (χ3n) is 4.16. The van der Waals surface area contributed by atoms with Gasteiger partial charge in [-0.05, 0) is 24.6 Å². The molecule has 0 amide bonds. The Kier molecular flexibility index (Phi) is 6.52. The van der Waals surface area contributed by atoms with E-state index in [9.17, 15) is 0 Å². The molecule has 0 aliphatic carbocycles. The van der Waals surface area contributed by atoms with Gasteiger partial charge >= 0.3 is 0 Å². The van der Waals surface area contributed by atoms with Gasteiger partial charge in [-0.2, -0.15) is 0 Å². The molecule has 0 aromatic heterocycles. The largest absolute Gasteiger partial charge is 0.497 e. The molecule has 1 heterocycles. The summed E-state index contributed by atoms with van der Waals surface area (Å²) in [5.41, 5.74) is 2.06. The molecule has 2 aromatic carbocycles. The predicted octanol–water partition coefficient (Wildman–Crippen LogP) is 4.20. The van der Waals surface area contributed by atoms with Gasteiger partial charge in [0.05, 0.1) is 19.8 Å². The van der Waals surface area contributed by atoms with Gasteiger partial charge in [-0.3, -0.25) is 0 Å². The standard InChI is InChI=1S/C21H24O5/c1-16-20(24-13-12-23-14-17-6-4-3-5-7-17)15-25-21(26-16)18-8-10-19(22-2)11-9-18/h3-13,16,20-21H,14-15H2,1-2H3/b13-12-. The number of benzene rings is 2. The van der Waals surface area contributed by atoms with Crippen LogP contribution in [0.15, 0.2) is 67.1 Å². The average Bonchev–Trinajstić information content (AvgIpc) is 2.69. The number of rotatable bonds is 7. The van der Waals surface area contributed by atoms with Crippen LogP contribution >= 0.6 is 0 Å². The molecule has 2 aromatic rings. The summed E-state index contributed by atoms with van der Waals surface area (Å²) in [5, 5.41) is 0. The van der Waals surface area contributed by atoms with Gasteiger partial charge in [0.2, 0.25) is 0 Å². The summed E-state index contributed by atoms with van der Waals surface area (Å²) in [6, 6.07) is 17.6. The van der Waals surface area contributed by atoms with Crippen molar-refractivity contribution in [2.75, 3.05) is 13.7 Å². The van der Waals surface area contributed by atoms with E-state index in [-0.39, 0.29) is 12.2 Å². The highest BCUT2D eigenvalue weighted by Gasteiger charge is 2.30. The van der Waals surface area contributed by atoms with Crippen LogP contribution < -0.4 is 4.74 Å². The van der Waals surface area contributed by atoms with Crippen LogP contribution in [0, 0.1) is 0 Å². The zero-order chi connectivity index (χ0) is 18.2. The molecule has 1 aliphatic heterocycles. The first-order valence-electron chi connectivity index (χ1n) is 8.63. The molecule has 0 bridgehead atoms. The molecule has 0 spiro atoms. The van der Waals surface area contributed by atoms with E-state index in [1.807, 2.05) is 61.5 Å². The second-order valence-corrected chi connectivity index (χ2v) is 6.02. The highest BCUT2D eigenvalue weighted by Crippen LogP contribution is 2.28. The van der Waals surface area contributed by atoms with Crippen molar-refractivity contribution in [3.63, 3.8) is 0 Å². The van der Waals surface area contributed by atoms with Crippen molar-refractivity contribution in [1.29, 1.82) is 0 Å². The third kappa shape index (κ3) is 5.00. The second kappa shape index (κ2) is 9.27. The lowest BCUT2D eigenvalue weighted by Crippen LogP contribution is -2.39. The Morgan fingerprint density at radius 1 is 1.04 bits per heavy atom. The molecule has 0 radical (unpaired) electrons. The van der Waals surface area contributed by atoms with Crippen LogP contribution in [0.5, 0.6) is 5.75 Å². The third-order valence-corrected chi connectivity index (χ3v) is 4.16. The van der Waals surface area contributed by atoms with Gasteiger partial charge < -0.3 is 23.7 Å². The van der Waals surface area contributed by atoms with Gasteiger partial charge in [0, 0.05) is 5.56 Å². The monoisotopic (exact) mass is 356 g/mol. The summed E-state index contributed by atoms with van der Waals surface area (Å²) in [6.07, 6.45) is 2.42. The molecule has 1 aliphatic rings. The number of methoxy groups -OCH3 is 1. The van der Waals surface area contributed by atoms with Gasteiger partial charge in [-0.1, -0.05) is 42.5 Å². The van der Waals surface area contributed by atoms with Crippen LogP contribution in [0.2, 0.25) is 0 Å². The molecule has 0 N–H and O–H groups in total. The smallest absolute Gasteiger partial charge is 0.184 e. The fourth-order valence-corrected chi connectivity index (χ4v) is 2.62. The normalized spacial score (nSPS) is 22.9. The first-order chi connectivity index (χ1) is 12.8. The van der Waals surface area contributed by atoms with E-state index in [2.05, 4.69) is 0 Å². The number of hydrogen-bond acceptors (Lipinski definition) is 5. The summed E-state index contributed by atoms with van der Waals surface area (Å²) in [4.78, 5) is 0. The summed E-state index contributed by atoms with van der Waals surface area (Å²) in [6.45, 7) is 2.93. The first kappa shape index (κ1) is 18.3. The van der Waals surface area contributed by atoms with E-state index >= 15 is 0 Å². The molecule has 5 heteroatoms. The molecular weight excluding hydrogens is 332 g/mol. The minimum absolute atomic E-state index is 0.102. The fourth-order valence-electron chi connectivity index (χ4n) is 2.62. The summed E-state index contributed by atoms with van der Waals surface area (Å²) >= 11 is 0. The lowest BCUT2D eigenvalue weighted by Gasteiger charge is -2.34. The second-order valence-electron chi connectivity index (χ2n) is 6.02. The van der Waals surface area contributed by atoms with E-state index in [0.717, 1.165) is 16.9 Å². The van der Waals surface area contributed by atoms with Crippen LogP contribution in [0.1, 0.15) is 24.3 Å². The van der Waals surface area contributed by atoms with Gasteiger partial charge in [-0.25, -0.2) is 0 Å². The Bertz CT molecular complexity index is 683. The van der Waals surface area contributed by atoms with Crippen LogP contribution in [0.3, 0.4) is 0 Å². The van der Waals surface area contributed by atoms with E-state index in [0.29, 0.717) is 13.2 Å². The molecule has 138 valence electrons. The van der Waals surface area contributed by atoms with Crippen LogP contribution in [-0.2, 0) is 25.6 Å². The van der Waals surface area contributed by atoms with Crippen molar-refractivity contribution >= 4 is 0 Å². The topological polar surface area (TPSA) is 46.2 Å². The quantitative estimate of drug-likeness (QED) is 0.696. The number of hydrogen-bond donors (Lipinski definition) is 0. The van der Waals surface area contributed by atoms with E-state index < -0.39 is 6.29 Å². The predicted molar refractivity (Wildman–Crippen MR) is 97.5 cm³/mol. The van der Waals surface area contributed by atoms with Gasteiger partial charge in [0.15, 0.2) is 6.29 Å². The fraction of sp³-hybridized carbons (Fsp3) is 0.333. The molecule has 3 unspecified atom stereocenters. The Balaban J connectivity index is 1.42. The minimum Gasteiger partial charge on any atom is -0.497 e. The van der Waals surface area contributed by atoms with Crippen molar-refractivity contribution in [2.45, 2.75) is 32.0 Å². The Hall–Kier alpha value is -2.50. The zero-order valence-electron chi connectivity index (χ0n) is 15.0. The maximum Gasteiger partial charge on any atom is 0.184 e. The van der Waals surface area contributed by atoms with Crippen molar-refractivity contribution in [3.05, 3.63) is 78.2 Å². The van der Waals surface area contributed by atoms with E-state index in [1.54, 1.807) is 19.6 Å². The lowest BCUT2D eigenvalue weighted by atomic mass is 10.1. The van der Waals surface area contributed by atoms with Gasteiger partial charge in [-0.15, -0.1) is 0 Å². The summed E-state index contributed by atoms with van der Waals surface area (Å²) in [5.74, 6) is 0.805. The van der Waals surface area contributed by atoms with Gasteiger partial charge in [0.1, 0.15) is 31.0 Å². The Labute approximate surface area is 154 Å². The number of ether oxygens (including phenoxy) is 5. The Morgan fingerprint density at radius 2 is 1.81 bits per heavy atom. The van der Waals surface area contributed by atoms with Crippen LogP contribution in [-0.4, -0.2) is 25.9 Å². The Morgan fingerprint density at radius 3 is 2.50 bits per heavy atom. The zero-order valence-corrected chi connectivity index (χ0v) is 15.0. The average molecular weight is 356 g/mol. The molecule has 0 saturated carbocycles. The van der Waals surface area contributed by atoms with Crippen molar-refractivity contribution in [1.82, 2.24) is 0 Å². The van der Waals surface area contributed by atoms with Crippen molar-refractivity contribution < 1.29 is 23.7 Å². The molecule has 1 saturated heterocycles. The molecule has 5 nitrogen and oxygen atoms in total. The molecule has 3 atom stereocenters. The van der Waals surface area contributed by atoms with Crippen molar-refractivity contribution in [3.8, 4) is 5.75 Å². The minimum atomic E-state index is -0.394. The summed E-state index contributed by atoms with van der Waals surface area (Å²) in [7, 11) is 1.64. The lowest BCUT2D eigenvalue weighted by molar-refractivity contribution is -0.252. The van der Waals surface area contributed by atoms with E-state index in [4.69, 9.17) is 23.7 Å². The maximum absolute atomic E-state index is 5.92. The highest BCUT2D eigenvalue weighted by molar-refractivity contribution is 5.28.